The predicted molar refractivity (Wildman–Crippen MR) is 71.4 cm³/mol. The van der Waals surface area contributed by atoms with Crippen LogP contribution in [0.3, 0.4) is 0 Å². The maximum Gasteiger partial charge on any atom is 0.253 e. The van der Waals surface area contributed by atoms with Crippen LogP contribution in [0, 0.1) is 5.82 Å². The Hall–Kier alpha value is -1.94. The first kappa shape index (κ1) is 13.5. The van der Waals surface area contributed by atoms with E-state index in [-0.39, 0.29) is 11.5 Å². The monoisotopic (exact) mass is 278 g/mol. The largest absolute Gasteiger partial charge is 0.348 e. The Kier molecular flexibility index (Phi) is 4.47. The lowest BCUT2D eigenvalue weighted by Gasteiger charge is -2.06. The minimum Gasteiger partial charge on any atom is -0.348 e. The Morgan fingerprint density at radius 3 is 2.53 bits per heavy atom. The molecule has 0 unspecified atom stereocenters. The molecule has 2 rings (SSSR count). The topological polar surface area (TPSA) is 42.0 Å². The van der Waals surface area contributed by atoms with Crippen molar-refractivity contribution in [1.82, 2.24) is 10.3 Å². The van der Waals surface area contributed by atoms with Gasteiger partial charge in [0.05, 0.1) is 11.8 Å². The van der Waals surface area contributed by atoms with Crippen LogP contribution in [0.5, 0.6) is 0 Å². The third kappa shape index (κ3) is 3.76. The molecule has 0 atom stereocenters. The molecule has 0 bridgehead atoms. The summed E-state index contributed by atoms with van der Waals surface area (Å²) < 4.78 is 12.9. The van der Waals surface area contributed by atoms with Gasteiger partial charge in [0.1, 0.15) is 5.82 Å². The second-order valence-corrected chi connectivity index (χ2v) is 4.29. The zero-order valence-corrected chi connectivity index (χ0v) is 10.8. The van der Waals surface area contributed by atoms with Gasteiger partial charge in [-0.05, 0) is 17.2 Å². The standard InChI is InChI=1S/C14H12ClFN2O/c15-6-10-1-3-11(4-2-10)7-18-14(19)12-5-13(16)9-17-8-12/h1-5,8-9H,6-7H2,(H,18,19). The highest BCUT2D eigenvalue weighted by molar-refractivity contribution is 6.17. The molecule has 0 aliphatic heterocycles. The van der Waals surface area contributed by atoms with Gasteiger partial charge in [0, 0.05) is 18.6 Å². The highest BCUT2D eigenvalue weighted by Gasteiger charge is 2.06. The van der Waals surface area contributed by atoms with Gasteiger partial charge in [-0.1, -0.05) is 24.3 Å². The molecule has 2 aromatic rings. The summed E-state index contributed by atoms with van der Waals surface area (Å²) in [7, 11) is 0. The summed E-state index contributed by atoms with van der Waals surface area (Å²) in [5.74, 6) is -0.422. The number of hydrogen-bond acceptors (Lipinski definition) is 2. The summed E-state index contributed by atoms with van der Waals surface area (Å²) in [4.78, 5) is 15.4. The van der Waals surface area contributed by atoms with E-state index in [1.165, 1.54) is 6.20 Å². The zero-order chi connectivity index (χ0) is 13.7. The number of nitrogens with zero attached hydrogens (tertiary/aromatic N) is 1. The Labute approximate surface area is 115 Å². The number of pyridine rings is 1. The molecule has 1 amide bonds. The number of carbonyl (C=O) groups is 1. The van der Waals surface area contributed by atoms with Crippen molar-refractivity contribution in [3.8, 4) is 0 Å². The van der Waals surface area contributed by atoms with E-state index >= 15 is 0 Å². The summed E-state index contributed by atoms with van der Waals surface area (Å²) in [5, 5.41) is 2.70. The summed E-state index contributed by atoms with van der Waals surface area (Å²) in [5.41, 5.74) is 2.18. The van der Waals surface area contributed by atoms with Crippen LogP contribution in [0.25, 0.3) is 0 Å². The van der Waals surface area contributed by atoms with Gasteiger partial charge in [0.15, 0.2) is 0 Å². The van der Waals surface area contributed by atoms with Crippen molar-refractivity contribution in [1.29, 1.82) is 0 Å². The van der Waals surface area contributed by atoms with Crippen LogP contribution < -0.4 is 5.32 Å². The number of nitrogens with one attached hydrogen (secondary N) is 1. The fourth-order valence-electron chi connectivity index (χ4n) is 1.57. The number of amides is 1. The van der Waals surface area contributed by atoms with Gasteiger partial charge in [0.25, 0.3) is 5.91 Å². The summed E-state index contributed by atoms with van der Waals surface area (Å²) in [6.07, 6.45) is 2.39. The van der Waals surface area contributed by atoms with Gasteiger partial charge in [-0.15, -0.1) is 11.6 Å². The molecule has 0 saturated heterocycles. The summed E-state index contributed by atoms with van der Waals surface area (Å²) in [6.45, 7) is 0.373. The van der Waals surface area contributed by atoms with Gasteiger partial charge in [-0.2, -0.15) is 0 Å². The van der Waals surface area contributed by atoms with Crippen LogP contribution in [-0.2, 0) is 12.4 Å². The van der Waals surface area contributed by atoms with Gasteiger partial charge in [0.2, 0.25) is 0 Å². The first-order chi connectivity index (χ1) is 9.19. The number of benzene rings is 1. The average Bonchev–Trinajstić information content (AvgIpc) is 2.45. The minimum atomic E-state index is -0.529. The van der Waals surface area contributed by atoms with E-state index in [2.05, 4.69) is 10.3 Å². The molecule has 98 valence electrons. The maximum atomic E-state index is 12.9. The molecule has 1 heterocycles. The zero-order valence-electron chi connectivity index (χ0n) is 10.1. The predicted octanol–water partition coefficient (Wildman–Crippen LogP) is 2.89. The molecular weight excluding hydrogens is 267 g/mol. The molecular formula is C14H12ClFN2O. The van der Waals surface area contributed by atoms with E-state index in [0.717, 1.165) is 23.4 Å². The lowest BCUT2D eigenvalue weighted by Crippen LogP contribution is -2.23. The van der Waals surface area contributed by atoms with E-state index in [1.54, 1.807) is 0 Å². The first-order valence-electron chi connectivity index (χ1n) is 5.71. The van der Waals surface area contributed by atoms with Gasteiger partial charge < -0.3 is 5.32 Å². The molecule has 19 heavy (non-hydrogen) atoms. The van der Waals surface area contributed by atoms with Crippen molar-refractivity contribution < 1.29 is 9.18 Å². The van der Waals surface area contributed by atoms with Crippen LogP contribution >= 0.6 is 11.6 Å². The molecule has 0 aliphatic carbocycles. The first-order valence-corrected chi connectivity index (χ1v) is 6.25. The fourth-order valence-corrected chi connectivity index (χ4v) is 1.74. The van der Waals surface area contributed by atoms with E-state index in [0.29, 0.717) is 12.4 Å². The third-order valence-corrected chi connectivity index (χ3v) is 2.91. The highest BCUT2D eigenvalue weighted by Crippen LogP contribution is 2.07. The third-order valence-electron chi connectivity index (χ3n) is 2.60. The summed E-state index contributed by atoms with van der Waals surface area (Å²) >= 11 is 5.69. The molecule has 1 aromatic carbocycles. The van der Waals surface area contributed by atoms with Crippen LogP contribution in [0.4, 0.5) is 4.39 Å². The molecule has 0 fully saturated rings. The minimum absolute atomic E-state index is 0.206. The molecule has 0 radical (unpaired) electrons. The molecule has 1 aromatic heterocycles. The molecule has 1 N–H and O–H groups in total. The Balaban J connectivity index is 1.96. The summed E-state index contributed by atoms with van der Waals surface area (Å²) in [6, 6.07) is 8.74. The van der Waals surface area contributed by atoms with Crippen molar-refractivity contribution in [2.75, 3.05) is 0 Å². The second-order valence-electron chi connectivity index (χ2n) is 4.02. The molecule has 0 aliphatic rings. The average molecular weight is 279 g/mol. The van der Waals surface area contributed by atoms with Crippen molar-refractivity contribution >= 4 is 17.5 Å². The van der Waals surface area contributed by atoms with Gasteiger partial charge >= 0.3 is 0 Å². The van der Waals surface area contributed by atoms with Crippen LogP contribution in [-0.4, -0.2) is 10.9 Å². The van der Waals surface area contributed by atoms with Crippen LogP contribution in [0.2, 0.25) is 0 Å². The van der Waals surface area contributed by atoms with Gasteiger partial charge in [-0.25, -0.2) is 4.39 Å². The normalized spacial score (nSPS) is 10.2. The Morgan fingerprint density at radius 2 is 1.89 bits per heavy atom. The molecule has 5 heteroatoms. The molecule has 0 spiro atoms. The number of halogens is 2. The van der Waals surface area contributed by atoms with Crippen molar-refractivity contribution in [3.05, 3.63) is 65.2 Å². The van der Waals surface area contributed by atoms with E-state index < -0.39 is 5.82 Å². The van der Waals surface area contributed by atoms with Crippen LogP contribution in [0.15, 0.2) is 42.7 Å². The fraction of sp³-hybridized carbons (Fsp3) is 0.143. The smallest absolute Gasteiger partial charge is 0.253 e. The van der Waals surface area contributed by atoms with E-state index in [1.807, 2.05) is 24.3 Å². The lowest BCUT2D eigenvalue weighted by molar-refractivity contribution is 0.0950. The SMILES string of the molecule is O=C(NCc1ccc(CCl)cc1)c1cncc(F)c1. The van der Waals surface area contributed by atoms with Crippen molar-refractivity contribution in [2.24, 2.45) is 0 Å². The number of aromatic nitrogens is 1. The van der Waals surface area contributed by atoms with Crippen molar-refractivity contribution in [2.45, 2.75) is 12.4 Å². The quantitative estimate of drug-likeness (QED) is 0.874. The Bertz CT molecular complexity index is 572. The number of carbonyl (C=O) groups excluding carboxylic acids is 1. The Morgan fingerprint density at radius 1 is 1.21 bits per heavy atom. The number of hydrogen-bond donors (Lipinski definition) is 1. The number of rotatable bonds is 4. The molecule has 0 saturated carbocycles. The van der Waals surface area contributed by atoms with Crippen LogP contribution in [0.1, 0.15) is 21.5 Å². The van der Waals surface area contributed by atoms with E-state index in [9.17, 15) is 9.18 Å². The number of alkyl halides is 1. The lowest BCUT2D eigenvalue weighted by atomic mass is 10.1. The molecule has 3 nitrogen and oxygen atoms in total. The van der Waals surface area contributed by atoms with Gasteiger partial charge in [-0.3, -0.25) is 9.78 Å². The van der Waals surface area contributed by atoms with E-state index in [4.69, 9.17) is 11.6 Å². The maximum absolute atomic E-state index is 12.9. The van der Waals surface area contributed by atoms with Crippen molar-refractivity contribution in [3.63, 3.8) is 0 Å². The highest BCUT2D eigenvalue weighted by atomic mass is 35.5. The second kappa shape index (κ2) is 6.29.